The van der Waals surface area contributed by atoms with Crippen molar-refractivity contribution in [1.29, 1.82) is 0 Å². The van der Waals surface area contributed by atoms with Crippen molar-refractivity contribution in [3.05, 3.63) is 53.1 Å². The van der Waals surface area contributed by atoms with Gasteiger partial charge in [0.1, 0.15) is 11.6 Å². The van der Waals surface area contributed by atoms with Gasteiger partial charge in [0.2, 0.25) is 5.91 Å². The molecule has 0 aliphatic rings. The number of thiazole rings is 1. The lowest BCUT2D eigenvalue weighted by Crippen LogP contribution is -2.15. The van der Waals surface area contributed by atoms with E-state index in [4.69, 9.17) is 4.74 Å². The minimum absolute atomic E-state index is 0.152. The van der Waals surface area contributed by atoms with Crippen molar-refractivity contribution >= 4 is 39.2 Å². The Balaban J connectivity index is 1.73. The summed E-state index contributed by atoms with van der Waals surface area (Å²) in [7, 11) is 1.64. The van der Waals surface area contributed by atoms with E-state index in [0.717, 1.165) is 27.4 Å². The number of benzene rings is 2. The van der Waals surface area contributed by atoms with Gasteiger partial charge in [-0.1, -0.05) is 11.3 Å². The van der Waals surface area contributed by atoms with Crippen LogP contribution in [0.1, 0.15) is 13.3 Å². The smallest absolute Gasteiger partial charge is 0.249 e. The number of methoxy groups -OCH3 is 1. The molecule has 3 rings (SSSR count). The van der Waals surface area contributed by atoms with E-state index in [1.54, 1.807) is 19.2 Å². The van der Waals surface area contributed by atoms with Crippen LogP contribution in [-0.4, -0.2) is 23.3 Å². The van der Waals surface area contributed by atoms with Crippen LogP contribution in [0.15, 0.2) is 52.4 Å². The molecule has 0 spiro atoms. The van der Waals surface area contributed by atoms with Crippen LogP contribution in [0.25, 0.3) is 10.2 Å². The first-order chi connectivity index (χ1) is 12.6. The highest BCUT2D eigenvalue weighted by atomic mass is 32.2. The lowest BCUT2D eigenvalue weighted by Gasteiger charge is -2.02. The van der Waals surface area contributed by atoms with Crippen molar-refractivity contribution in [3.63, 3.8) is 0 Å². The molecular formula is C19H19FN2O2S2. The monoisotopic (exact) mass is 390 g/mol. The number of aromatic nitrogens is 1. The Bertz CT molecular complexity index is 977. The maximum atomic E-state index is 12.9. The van der Waals surface area contributed by atoms with Crippen LogP contribution in [0.5, 0.6) is 5.75 Å². The van der Waals surface area contributed by atoms with Crippen molar-refractivity contribution in [1.82, 2.24) is 4.57 Å². The highest BCUT2D eigenvalue weighted by Gasteiger charge is 2.08. The first-order valence-corrected chi connectivity index (χ1v) is 10.0. The summed E-state index contributed by atoms with van der Waals surface area (Å²) in [5.74, 6) is 0.987. The third-order valence-corrected chi connectivity index (χ3v) is 5.88. The SMILES string of the molecule is CCn1c(=NC(=O)CCSc2ccc(F)cc2)sc2cc(OC)ccc21. The average Bonchev–Trinajstić information content (AvgIpc) is 2.99. The number of hydrogen-bond acceptors (Lipinski definition) is 4. The fraction of sp³-hybridized carbons (Fsp3) is 0.263. The Morgan fingerprint density at radius 2 is 2.04 bits per heavy atom. The molecule has 4 nitrogen and oxygen atoms in total. The van der Waals surface area contributed by atoms with Crippen LogP contribution in [-0.2, 0) is 11.3 Å². The van der Waals surface area contributed by atoms with Crippen molar-refractivity contribution in [2.24, 2.45) is 4.99 Å². The number of fused-ring (bicyclic) bond motifs is 1. The molecule has 0 aliphatic heterocycles. The number of halogens is 1. The maximum Gasteiger partial charge on any atom is 0.249 e. The van der Waals surface area contributed by atoms with E-state index in [2.05, 4.69) is 4.99 Å². The van der Waals surface area contributed by atoms with Gasteiger partial charge in [-0.15, -0.1) is 11.8 Å². The van der Waals surface area contributed by atoms with Gasteiger partial charge in [-0.25, -0.2) is 4.39 Å². The summed E-state index contributed by atoms with van der Waals surface area (Å²) in [6, 6.07) is 12.1. The molecule has 0 bridgehead atoms. The molecule has 7 heteroatoms. The molecule has 0 radical (unpaired) electrons. The minimum Gasteiger partial charge on any atom is -0.497 e. The molecule has 0 aliphatic carbocycles. The molecule has 0 atom stereocenters. The molecule has 0 fully saturated rings. The van der Waals surface area contributed by atoms with Gasteiger partial charge in [0.25, 0.3) is 0 Å². The number of ether oxygens (including phenoxy) is 1. The largest absolute Gasteiger partial charge is 0.497 e. The zero-order valence-electron chi connectivity index (χ0n) is 14.6. The molecule has 26 heavy (non-hydrogen) atoms. The molecule has 1 heterocycles. The fourth-order valence-electron chi connectivity index (χ4n) is 2.52. The average molecular weight is 391 g/mol. The van der Waals surface area contributed by atoms with Crippen LogP contribution in [0, 0.1) is 5.82 Å². The quantitative estimate of drug-likeness (QED) is 0.583. The predicted molar refractivity (Wildman–Crippen MR) is 104 cm³/mol. The Kier molecular flexibility index (Phi) is 6.11. The fourth-order valence-corrected chi connectivity index (χ4v) is 4.50. The number of carbonyl (C=O) groups is 1. The predicted octanol–water partition coefficient (Wildman–Crippen LogP) is 4.48. The highest BCUT2D eigenvalue weighted by Crippen LogP contribution is 2.23. The number of amides is 1. The zero-order chi connectivity index (χ0) is 18.5. The first-order valence-electron chi connectivity index (χ1n) is 8.24. The normalized spacial score (nSPS) is 11.9. The van der Waals surface area contributed by atoms with E-state index >= 15 is 0 Å². The van der Waals surface area contributed by atoms with Gasteiger partial charge in [0.15, 0.2) is 4.80 Å². The molecule has 1 amide bonds. The van der Waals surface area contributed by atoms with E-state index in [9.17, 15) is 9.18 Å². The van der Waals surface area contributed by atoms with Crippen LogP contribution < -0.4 is 9.54 Å². The highest BCUT2D eigenvalue weighted by molar-refractivity contribution is 7.99. The van der Waals surface area contributed by atoms with Crippen LogP contribution in [0.3, 0.4) is 0 Å². The Hall–Kier alpha value is -2.12. The number of rotatable bonds is 6. The molecule has 0 N–H and O–H groups in total. The van der Waals surface area contributed by atoms with Crippen LogP contribution in [0.2, 0.25) is 0 Å². The van der Waals surface area contributed by atoms with E-state index in [1.807, 2.05) is 29.7 Å². The second kappa shape index (κ2) is 8.51. The van der Waals surface area contributed by atoms with Gasteiger partial charge in [0.05, 0.1) is 17.3 Å². The number of thioether (sulfide) groups is 1. The molecule has 0 saturated heterocycles. The molecule has 1 aromatic heterocycles. The first kappa shape index (κ1) is 18.7. The van der Waals surface area contributed by atoms with Gasteiger partial charge < -0.3 is 9.30 Å². The molecule has 0 saturated carbocycles. The van der Waals surface area contributed by atoms with Gasteiger partial charge >= 0.3 is 0 Å². The van der Waals surface area contributed by atoms with E-state index in [-0.39, 0.29) is 11.7 Å². The molecular weight excluding hydrogens is 371 g/mol. The summed E-state index contributed by atoms with van der Waals surface area (Å²) < 4.78 is 21.2. The number of aryl methyl sites for hydroxylation is 1. The van der Waals surface area contributed by atoms with Gasteiger partial charge in [-0.2, -0.15) is 4.99 Å². The zero-order valence-corrected chi connectivity index (χ0v) is 16.2. The van der Waals surface area contributed by atoms with Crippen LogP contribution in [0.4, 0.5) is 4.39 Å². The topological polar surface area (TPSA) is 43.6 Å². The standard InChI is InChI=1S/C19H19FN2O2S2/c1-3-22-16-9-6-14(24-2)12-17(16)26-19(22)21-18(23)10-11-25-15-7-4-13(20)5-8-15/h4-9,12H,3,10-11H2,1-2H3. The van der Waals surface area contributed by atoms with Gasteiger partial charge in [0, 0.05) is 23.6 Å². The molecule has 2 aromatic carbocycles. The molecule has 3 aromatic rings. The van der Waals surface area contributed by atoms with Crippen molar-refractivity contribution < 1.29 is 13.9 Å². The third kappa shape index (κ3) is 4.34. The summed E-state index contributed by atoms with van der Waals surface area (Å²) in [6.45, 7) is 2.77. The summed E-state index contributed by atoms with van der Waals surface area (Å²) in [6.07, 6.45) is 0.337. The van der Waals surface area contributed by atoms with Gasteiger partial charge in [-0.05, 0) is 49.4 Å². The Morgan fingerprint density at radius 1 is 1.27 bits per heavy atom. The summed E-state index contributed by atoms with van der Waals surface area (Å²) in [4.78, 5) is 18.2. The van der Waals surface area contributed by atoms with E-state index in [1.165, 1.54) is 35.2 Å². The number of nitrogens with zero attached hydrogens (tertiary/aromatic N) is 2. The number of hydrogen-bond donors (Lipinski definition) is 0. The van der Waals surface area contributed by atoms with E-state index < -0.39 is 0 Å². The second-order valence-electron chi connectivity index (χ2n) is 5.52. The second-order valence-corrected chi connectivity index (χ2v) is 7.70. The summed E-state index contributed by atoms with van der Waals surface area (Å²) in [5, 5.41) is 0. The lowest BCUT2D eigenvalue weighted by molar-refractivity contribution is -0.117. The van der Waals surface area contributed by atoms with Gasteiger partial charge in [-0.3, -0.25) is 4.79 Å². The Morgan fingerprint density at radius 3 is 2.73 bits per heavy atom. The minimum atomic E-state index is -0.258. The lowest BCUT2D eigenvalue weighted by atomic mass is 10.3. The van der Waals surface area contributed by atoms with Crippen molar-refractivity contribution in [2.45, 2.75) is 24.8 Å². The van der Waals surface area contributed by atoms with Crippen LogP contribution >= 0.6 is 23.1 Å². The molecule has 0 unspecified atom stereocenters. The maximum absolute atomic E-state index is 12.9. The third-order valence-electron chi connectivity index (χ3n) is 3.82. The summed E-state index contributed by atoms with van der Waals surface area (Å²) in [5.41, 5.74) is 1.05. The Labute approximate surface area is 159 Å². The van der Waals surface area contributed by atoms with Crippen molar-refractivity contribution in [2.75, 3.05) is 12.9 Å². The summed E-state index contributed by atoms with van der Waals surface area (Å²) >= 11 is 3.01. The molecule has 136 valence electrons. The van der Waals surface area contributed by atoms with Crippen molar-refractivity contribution in [3.8, 4) is 5.75 Å². The number of carbonyl (C=O) groups excluding carboxylic acids is 1. The van der Waals surface area contributed by atoms with E-state index in [0.29, 0.717) is 17.0 Å².